The zero-order valence-electron chi connectivity index (χ0n) is 7.25. The summed E-state index contributed by atoms with van der Waals surface area (Å²) in [7, 11) is 0. The third-order valence-corrected chi connectivity index (χ3v) is 0. The van der Waals surface area contributed by atoms with Crippen LogP contribution in [0.15, 0.2) is 0 Å². The molecule has 0 spiro atoms. The van der Waals surface area contributed by atoms with Gasteiger partial charge in [-0.05, 0) is 20.8 Å². The van der Waals surface area contributed by atoms with Gasteiger partial charge in [-0.25, -0.2) is 0 Å². The molecular formula is C6H9AuO6. The maximum Gasteiger partial charge on any atom is 3.00 e. The zero-order chi connectivity index (χ0) is 10.7. The quantitative estimate of drug-likeness (QED) is 0.402. The van der Waals surface area contributed by atoms with E-state index in [1.54, 1.807) is 0 Å². The molecule has 0 saturated heterocycles. The topological polar surface area (TPSA) is 120 Å². The van der Waals surface area contributed by atoms with Crippen molar-refractivity contribution < 1.29 is 52.1 Å². The molecule has 0 fully saturated rings. The van der Waals surface area contributed by atoms with Gasteiger partial charge in [0.1, 0.15) is 0 Å². The van der Waals surface area contributed by atoms with Crippen LogP contribution in [0.1, 0.15) is 20.8 Å². The molecule has 7 heteroatoms. The molecule has 0 aromatic carbocycles. The van der Waals surface area contributed by atoms with Crippen LogP contribution in [0.4, 0.5) is 0 Å². The van der Waals surface area contributed by atoms with E-state index in [2.05, 4.69) is 0 Å². The molecule has 0 amide bonds. The van der Waals surface area contributed by atoms with Crippen LogP contribution < -0.4 is 15.3 Å². The Morgan fingerprint density at radius 1 is 0.692 bits per heavy atom. The minimum absolute atomic E-state index is 0. The van der Waals surface area contributed by atoms with Gasteiger partial charge in [0.05, 0.1) is 0 Å². The predicted molar refractivity (Wildman–Crippen MR) is 32.0 cm³/mol. The van der Waals surface area contributed by atoms with Crippen LogP contribution in [0.3, 0.4) is 0 Å². The Bertz CT molecular complexity index is 115. The SMILES string of the molecule is CC(=O)[O-].CC(=O)[O-].CC(=O)[O-].[Au+3]. The van der Waals surface area contributed by atoms with Crippen molar-refractivity contribution in [2.45, 2.75) is 20.8 Å². The first-order chi connectivity index (χ1) is 5.20. The fourth-order valence-electron chi connectivity index (χ4n) is 0. The Labute approximate surface area is 91.1 Å². The summed E-state index contributed by atoms with van der Waals surface area (Å²) in [6, 6.07) is 0. The molecule has 0 aliphatic carbocycles. The van der Waals surface area contributed by atoms with Crippen LogP contribution in [-0.2, 0) is 36.8 Å². The average Bonchev–Trinajstić information content (AvgIpc) is 1.54. The van der Waals surface area contributed by atoms with Gasteiger partial charge in [-0.3, -0.25) is 0 Å². The molecule has 0 aliphatic rings. The molecule has 13 heavy (non-hydrogen) atoms. The first-order valence-electron chi connectivity index (χ1n) is 2.72. The van der Waals surface area contributed by atoms with Crippen molar-refractivity contribution in [3.8, 4) is 0 Å². The third-order valence-electron chi connectivity index (χ3n) is 0. The van der Waals surface area contributed by atoms with E-state index in [1.165, 1.54) is 0 Å². The monoisotopic (exact) mass is 374 g/mol. The van der Waals surface area contributed by atoms with Gasteiger partial charge in [0.2, 0.25) is 0 Å². The van der Waals surface area contributed by atoms with Crippen molar-refractivity contribution in [3.05, 3.63) is 0 Å². The second-order valence-corrected chi connectivity index (χ2v) is 1.47. The number of carboxylic acid groups (broad SMARTS) is 3. The molecule has 0 atom stereocenters. The summed E-state index contributed by atoms with van der Waals surface area (Å²) >= 11 is 0. The number of aliphatic carboxylic acids is 3. The van der Waals surface area contributed by atoms with Gasteiger partial charge in [0.15, 0.2) is 0 Å². The minimum atomic E-state index is -1.08. The van der Waals surface area contributed by atoms with E-state index < -0.39 is 17.9 Å². The van der Waals surface area contributed by atoms with Crippen molar-refractivity contribution in [1.29, 1.82) is 0 Å². The van der Waals surface area contributed by atoms with Crippen LogP contribution in [-0.4, -0.2) is 17.9 Å². The summed E-state index contributed by atoms with van der Waals surface area (Å²) < 4.78 is 0. The molecule has 0 bridgehead atoms. The standard InChI is InChI=1S/3C2H4O2.Au/c3*1-2(3)4;/h3*1H3,(H,3,4);/q;;;+3/p-3. The summed E-state index contributed by atoms with van der Waals surface area (Å²) in [4.78, 5) is 26.7. The molecule has 0 aliphatic heterocycles. The number of carbonyl (C=O) groups is 3. The van der Waals surface area contributed by atoms with Crippen LogP contribution in [0.2, 0.25) is 0 Å². The molecule has 0 N–H and O–H groups in total. The van der Waals surface area contributed by atoms with Crippen molar-refractivity contribution in [3.63, 3.8) is 0 Å². The zero-order valence-corrected chi connectivity index (χ0v) is 9.42. The van der Waals surface area contributed by atoms with Crippen molar-refractivity contribution >= 4 is 17.9 Å². The van der Waals surface area contributed by atoms with Gasteiger partial charge in [0, 0.05) is 17.9 Å². The van der Waals surface area contributed by atoms with E-state index in [4.69, 9.17) is 29.7 Å². The normalized spacial score (nSPS) is 5.77. The summed E-state index contributed by atoms with van der Waals surface area (Å²) in [6.07, 6.45) is 0. The number of carbonyl (C=O) groups excluding carboxylic acids is 3. The van der Waals surface area contributed by atoms with Crippen molar-refractivity contribution in [2.75, 3.05) is 0 Å². The summed E-state index contributed by atoms with van der Waals surface area (Å²) in [5, 5.41) is 26.7. The van der Waals surface area contributed by atoms with Crippen molar-refractivity contribution in [1.82, 2.24) is 0 Å². The minimum Gasteiger partial charge on any atom is -0.550 e. The first kappa shape index (κ1) is 22.7. The molecule has 0 aromatic rings. The second-order valence-electron chi connectivity index (χ2n) is 1.47. The van der Waals surface area contributed by atoms with Gasteiger partial charge in [0.25, 0.3) is 0 Å². The third kappa shape index (κ3) is 1290. The Kier molecular flexibility index (Phi) is 30.3. The van der Waals surface area contributed by atoms with E-state index in [0.29, 0.717) is 0 Å². The van der Waals surface area contributed by atoms with Crippen LogP contribution in [0, 0.1) is 0 Å². The number of rotatable bonds is 0. The van der Waals surface area contributed by atoms with Gasteiger partial charge in [-0.1, -0.05) is 0 Å². The fraction of sp³-hybridized carbons (Fsp3) is 0.500. The number of hydrogen-bond donors (Lipinski definition) is 0. The molecule has 0 aromatic heterocycles. The van der Waals surface area contributed by atoms with E-state index in [9.17, 15) is 0 Å². The van der Waals surface area contributed by atoms with Crippen LogP contribution in [0.25, 0.3) is 0 Å². The Balaban J connectivity index is -0.0000000450. The maximum atomic E-state index is 8.89. The van der Waals surface area contributed by atoms with Gasteiger partial charge in [-0.2, -0.15) is 0 Å². The Morgan fingerprint density at radius 3 is 0.692 bits per heavy atom. The van der Waals surface area contributed by atoms with E-state index >= 15 is 0 Å². The van der Waals surface area contributed by atoms with Gasteiger partial charge >= 0.3 is 22.4 Å². The van der Waals surface area contributed by atoms with Gasteiger partial charge < -0.3 is 29.7 Å². The van der Waals surface area contributed by atoms with E-state index in [-0.39, 0.29) is 22.4 Å². The van der Waals surface area contributed by atoms with Gasteiger partial charge in [-0.15, -0.1) is 0 Å². The second kappa shape index (κ2) is 17.3. The molecule has 0 unspecified atom stereocenters. The first-order valence-corrected chi connectivity index (χ1v) is 2.72. The average molecular weight is 374 g/mol. The molecule has 0 rings (SSSR count). The van der Waals surface area contributed by atoms with Crippen LogP contribution in [0.5, 0.6) is 0 Å². The number of carboxylic acids is 3. The van der Waals surface area contributed by atoms with Crippen LogP contribution >= 0.6 is 0 Å². The largest absolute Gasteiger partial charge is 3.00 e. The summed E-state index contributed by atoms with van der Waals surface area (Å²) in [5.41, 5.74) is 0. The molecule has 6 nitrogen and oxygen atoms in total. The Morgan fingerprint density at radius 2 is 0.692 bits per heavy atom. The molecule has 0 saturated carbocycles. The Hall–Kier alpha value is -0.850. The smallest absolute Gasteiger partial charge is 0.550 e. The molecular weight excluding hydrogens is 365 g/mol. The summed E-state index contributed by atoms with van der Waals surface area (Å²) in [5.74, 6) is -3.25. The van der Waals surface area contributed by atoms with E-state index in [1.807, 2.05) is 0 Å². The van der Waals surface area contributed by atoms with Crippen molar-refractivity contribution in [2.24, 2.45) is 0 Å². The molecule has 80 valence electrons. The fourth-order valence-corrected chi connectivity index (χ4v) is 0. The molecule has 0 radical (unpaired) electrons. The predicted octanol–water partition coefficient (Wildman–Crippen LogP) is -3.73. The summed E-state index contributed by atoms with van der Waals surface area (Å²) in [6.45, 7) is 2.92. The van der Waals surface area contributed by atoms with E-state index in [0.717, 1.165) is 20.8 Å². The maximum absolute atomic E-state index is 8.89. The molecule has 0 heterocycles. The number of hydrogen-bond acceptors (Lipinski definition) is 6.